The molecule has 1 aromatic rings. The molecule has 7 nitrogen and oxygen atoms in total. The summed E-state index contributed by atoms with van der Waals surface area (Å²) in [4.78, 5) is 33.5. The lowest BCUT2D eigenvalue weighted by atomic mass is 9.99. The summed E-state index contributed by atoms with van der Waals surface area (Å²) >= 11 is 5.86. The number of aliphatic carboxylic acids is 1. The number of hydrogen-bond donors (Lipinski definition) is 2. The van der Waals surface area contributed by atoms with Crippen LogP contribution in [0.15, 0.2) is 24.3 Å². The quantitative estimate of drug-likeness (QED) is 0.581. The van der Waals surface area contributed by atoms with Crippen molar-refractivity contribution in [3.63, 3.8) is 0 Å². The van der Waals surface area contributed by atoms with Crippen LogP contribution in [0.1, 0.15) is 19.4 Å². The van der Waals surface area contributed by atoms with Crippen LogP contribution in [0.3, 0.4) is 0 Å². The molecule has 0 unspecified atom stereocenters. The molecular formula is C15H18ClNO6. The summed E-state index contributed by atoms with van der Waals surface area (Å²) in [5, 5.41) is 12.1. The van der Waals surface area contributed by atoms with Crippen molar-refractivity contribution in [1.82, 2.24) is 5.32 Å². The smallest absolute Gasteiger partial charge is 0.410 e. The van der Waals surface area contributed by atoms with Gasteiger partial charge in [-0.05, 0) is 24.1 Å². The van der Waals surface area contributed by atoms with E-state index in [0.29, 0.717) is 5.02 Å². The number of carboxylic acids is 1. The summed E-state index contributed by atoms with van der Waals surface area (Å²) in [6, 6.07) is 6.83. The topological polar surface area (TPSA) is 102 Å². The summed E-state index contributed by atoms with van der Waals surface area (Å²) in [5.41, 5.74) is 0.744. The maximum Gasteiger partial charge on any atom is 0.410 e. The van der Waals surface area contributed by atoms with E-state index in [4.69, 9.17) is 16.3 Å². The van der Waals surface area contributed by atoms with Gasteiger partial charge in [0.05, 0.1) is 5.92 Å². The Hall–Kier alpha value is -2.28. The van der Waals surface area contributed by atoms with Crippen molar-refractivity contribution in [3.8, 4) is 0 Å². The third-order valence-electron chi connectivity index (χ3n) is 2.82. The first-order valence-corrected chi connectivity index (χ1v) is 7.24. The summed E-state index contributed by atoms with van der Waals surface area (Å²) < 4.78 is 9.38. The molecule has 1 aromatic carbocycles. The molecular weight excluding hydrogens is 326 g/mol. The van der Waals surface area contributed by atoms with Gasteiger partial charge < -0.3 is 19.9 Å². The zero-order chi connectivity index (χ0) is 17.4. The Kier molecular flexibility index (Phi) is 7.34. The Morgan fingerprint density at radius 3 is 2.57 bits per heavy atom. The number of alkyl carbamates (subject to hydrolysis) is 1. The summed E-state index contributed by atoms with van der Waals surface area (Å²) in [6.45, 7) is 2.43. The van der Waals surface area contributed by atoms with Gasteiger partial charge in [0.2, 0.25) is 6.29 Å². The second-order valence-electron chi connectivity index (χ2n) is 4.83. The van der Waals surface area contributed by atoms with Crippen molar-refractivity contribution >= 4 is 29.6 Å². The Labute approximate surface area is 138 Å². The molecule has 2 atom stereocenters. The molecule has 23 heavy (non-hydrogen) atoms. The van der Waals surface area contributed by atoms with Gasteiger partial charge in [0.1, 0.15) is 0 Å². The third-order valence-corrected chi connectivity index (χ3v) is 3.05. The predicted molar refractivity (Wildman–Crippen MR) is 82.0 cm³/mol. The first kappa shape index (κ1) is 18.8. The van der Waals surface area contributed by atoms with Crippen molar-refractivity contribution in [3.05, 3.63) is 34.9 Å². The molecule has 8 heteroatoms. The number of rotatable bonds is 7. The average molecular weight is 344 g/mol. The van der Waals surface area contributed by atoms with Gasteiger partial charge >= 0.3 is 18.0 Å². The first-order chi connectivity index (χ1) is 10.8. The first-order valence-electron chi connectivity index (χ1n) is 6.87. The van der Waals surface area contributed by atoms with Gasteiger partial charge in [0.15, 0.2) is 0 Å². The zero-order valence-electron chi connectivity index (χ0n) is 12.7. The van der Waals surface area contributed by atoms with Crippen LogP contribution in [0, 0.1) is 5.92 Å². The number of amides is 1. The average Bonchev–Trinajstić information content (AvgIpc) is 2.42. The lowest BCUT2D eigenvalue weighted by Gasteiger charge is -2.16. The van der Waals surface area contributed by atoms with E-state index >= 15 is 0 Å². The molecule has 0 bridgehead atoms. The van der Waals surface area contributed by atoms with Gasteiger partial charge in [-0.1, -0.05) is 23.7 Å². The highest BCUT2D eigenvalue weighted by atomic mass is 35.5. The van der Waals surface area contributed by atoms with Crippen LogP contribution in [0.5, 0.6) is 0 Å². The molecule has 0 saturated carbocycles. The van der Waals surface area contributed by atoms with Crippen molar-refractivity contribution in [1.29, 1.82) is 0 Å². The fourth-order valence-corrected chi connectivity index (χ4v) is 2.06. The molecule has 2 N–H and O–H groups in total. The van der Waals surface area contributed by atoms with Crippen molar-refractivity contribution in [2.75, 3.05) is 6.54 Å². The normalized spacial score (nSPS) is 12.8. The number of carboxylic acid groups (broad SMARTS) is 1. The number of carbonyl (C=O) groups is 3. The summed E-state index contributed by atoms with van der Waals surface area (Å²) in [5.74, 6) is -2.49. The van der Waals surface area contributed by atoms with E-state index in [0.717, 1.165) is 5.56 Å². The number of carbonyl (C=O) groups excluding carboxylic acids is 2. The van der Waals surface area contributed by atoms with Gasteiger partial charge in [-0.25, -0.2) is 4.79 Å². The third kappa shape index (κ3) is 7.51. The van der Waals surface area contributed by atoms with Gasteiger partial charge in [0, 0.05) is 25.4 Å². The Balaban J connectivity index is 2.52. The molecule has 0 heterocycles. The number of ether oxygens (including phenoxy) is 2. The van der Waals surface area contributed by atoms with Crippen molar-refractivity contribution in [2.45, 2.75) is 26.6 Å². The van der Waals surface area contributed by atoms with E-state index in [1.165, 1.54) is 13.8 Å². The van der Waals surface area contributed by atoms with E-state index in [2.05, 4.69) is 10.1 Å². The lowest BCUT2D eigenvalue weighted by molar-refractivity contribution is -0.162. The fraction of sp³-hybridized carbons (Fsp3) is 0.400. The molecule has 0 spiro atoms. The predicted octanol–water partition coefficient (Wildman–Crippen LogP) is 2.22. The minimum Gasteiger partial charge on any atom is -0.481 e. The van der Waals surface area contributed by atoms with Crippen molar-refractivity contribution < 1.29 is 29.0 Å². The van der Waals surface area contributed by atoms with E-state index in [1.807, 2.05) is 0 Å². The zero-order valence-corrected chi connectivity index (χ0v) is 13.5. The maximum absolute atomic E-state index is 11.5. The Morgan fingerprint density at radius 1 is 1.30 bits per heavy atom. The van der Waals surface area contributed by atoms with E-state index in [1.54, 1.807) is 24.3 Å². The number of esters is 1. The van der Waals surface area contributed by atoms with Gasteiger partial charge in [0.25, 0.3) is 0 Å². The molecule has 0 radical (unpaired) electrons. The van der Waals surface area contributed by atoms with Crippen LogP contribution in [0.2, 0.25) is 5.02 Å². The molecule has 1 rings (SSSR count). The Morgan fingerprint density at radius 2 is 2.00 bits per heavy atom. The molecule has 0 aliphatic heterocycles. The molecule has 0 aromatic heterocycles. The Bertz CT molecular complexity index is 577. The van der Waals surface area contributed by atoms with Crippen LogP contribution in [-0.4, -0.2) is 36.0 Å². The lowest BCUT2D eigenvalue weighted by Crippen LogP contribution is -2.36. The van der Waals surface area contributed by atoms with Gasteiger partial charge in [-0.15, -0.1) is 0 Å². The van der Waals surface area contributed by atoms with Crippen LogP contribution >= 0.6 is 11.6 Å². The highest BCUT2D eigenvalue weighted by Crippen LogP contribution is 2.14. The molecule has 0 fully saturated rings. The number of nitrogens with one attached hydrogen (secondary N) is 1. The van der Waals surface area contributed by atoms with E-state index < -0.39 is 30.2 Å². The van der Waals surface area contributed by atoms with Crippen molar-refractivity contribution in [2.24, 2.45) is 5.92 Å². The van der Waals surface area contributed by atoms with Crippen LogP contribution in [0.25, 0.3) is 0 Å². The molecule has 0 aliphatic rings. The van der Waals surface area contributed by atoms with Crippen LogP contribution in [-0.2, 0) is 25.5 Å². The second-order valence-corrected chi connectivity index (χ2v) is 5.27. The van der Waals surface area contributed by atoms with E-state index in [-0.39, 0.29) is 13.0 Å². The number of hydrogen-bond acceptors (Lipinski definition) is 5. The molecule has 126 valence electrons. The SMILES string of the molecule is CC(=O)O[C@@H](C)OC(=O)NC[C@H](Cc1cccc(Cl)c1)C(=O)O. The standard InChI is InChI=1S/C15H18ClNO6/c1-9(18)22-10(2)23-15(21)17-8-12(14(19)20)6-11-4-3-5-13(16)7-11/h3-5,7,10,12H,6,8H2,1-2H3,(H,17,21)(H,19,20)/t10-,12+/m1/s1. The fourth-order valence-electron chi connectivity index (χ4n) is 1.85. The monoisotopic (exact) mass is 343 g/mol. The highest BCUT2D eigenvalue weighted by molar-refractivity contribution is 6.30. The maximum atomic E-state index is 11.5. The molecule has 0 aliphatic carbocycles. The second kappa shape index (κ2) is 8.99. The molecule has 1 amide bonds. The minimum absolute atomic E-state index is 0.131. The largest absolute Gasteiger partial charge is 0.481 e. The highest BCUT2D eigenvalue weighted by Gasteiger charge is 2.20. The number of halogens is 1. The number of benzene rings is 1. The van der Waals surface area contributed by atoms with Gasteiger partial charge in [-0.3, -0.25) is 9.59 Å². The minimum atomic E-state index is -1.06. The summed E-state index contributed by atoms with van der Waals surface area (Å²) in [7, 11) is 0. The van der Waals surface area contributed by atoms with Crippen LogP contribution < -0.4 is 5.32 Å². The van der Waals surface area contributed by atoms with E-state index in [9.17, 15) is 19.5 Å². The van der Waals surface area contributed by atoms with Crippen LogP contribution in [0.4, 0.5) is 4.79 Å². The summed E-state index contributed by atoms with van der Waals surface area (Å²) in [6.07, 6.45) is -1.71. The molecule has 0 saturated heterocycles. The van der Waals surface area contributed by atoms with Gasteiger partial charge in [-0.2, -0.15) is 0 Å².